The fourth-order valence-corrected chi connectivity index (χ4v) is 4.45. The minimum absolute atomic E-state index is 0.117. The van der Waals surface area contributed by atoms with E-state index in [2.05, 4.69) is 9.83 Å². The molecular weight excluding hydrogens is 419 g/mol. The summed E-state index contributed by atoms with van der Waals surface area (Å²) in [7, 11) is 1.55. The molecule has 0 radical (unpaired) electrons. The quantitative estimate of drug-likeness (QED) is 0.382. The molecule has 1 saturated heterocycles. The van der Waals surface area contributed by atoms with E-state index >= 15 is 0 Å². The maximum Gasteiger partial charge on any atom is 0.272 e. The van der Waals surface area contributed by atoms with Crippen molar-refractivity contribution < 1.29 is 18.7 Å². The van der Waals surface area contributed by atoms with Gasteiger partial charge < -0.3 is 19.2 Å². The Hall–Kier alpha value is -3.09. The molecule has 9 heteroatoms. The first-order valence-corrected chi connectivity index (χ1v) is 10.3. The van der Waals surface area contributed by atoms with Crippen LogP contribution in [0.5, 0.6) is 5.75 Å². The summed E-state index contributed by atoms with van der Waals surface area (Å²) < 4.78 is 25.0. The summed E-state index contributed by atoms with van der Waals surface area (Å²) in [5, 5.41) is 0.272. The minimum atomic E-state index is -0.825. The fourth-order valence-electron chi connectivity index (χ4n) is 3.98. The summed E-state index contributed by atoms with van der Waals surface area (Å²) >= 11 is 5.69. The Morgan fingerprint density at radius 3 is 2.65 bits per heavy atom. The number of hydrogen-bond donors (Lipinski definition) is 0. The van der Waals surface area contributed by atoms with Crippen LogP contribution >= 0.6 is 12.2 Å². The highest BCUT2D eigenvalue weighted by molar-refractivity contribution is 7.81. The normalized spacial score (nSPS) is 17.1. The molecule has 2 heterocycles. The zero-order valence-corrected chi connectivity index (χ0v) is 18.0. The molecule has 31 heavy (non-hydrogen) atoms. The van der Waals surface area contributed by atoms with Gasteiger partial charge in [0.2, 0.25) is 0 Å². The van der Waals surface area contributed by atoms with Gasteiger partial charge in [0.05, 0.1) is 12.3 Å². The van der Waals surface area contributed by atoms with Crippen LogP contribution in [0.4, 0.5) is 21.6 Å². The van der Waals surface area contributed by atoms with Gasteiger partial charge >= 0.3 is 0 Å². The number of rotatable bonds is 6. The van der Waals surface area contributed by atoms with E-state index in [0.717, 1.165) is 6.42 Å². The van der Waals surface area contributed by atoms with Gasteiger partial charge in [0, 0.05) is 18.9 Å². The SMILES string of the molecule is [C-]#[N+]c1ncc(N2C(=O)C3(CCC3)N(c3ccc(OCCOC)c(F)c3)C2=S)cc1C. The minimum Gasteiger partial charge on any atom is -0.488 e. The molecule has 7 nitrogen and oxygen atoms in total. The second-order valence-electron chi connectivity index (χ2n) is 7.55. The van der Waals surface area contributed by atoms with Crippen molar-refractivity contribution >= 4 is 40.4 Å². The van der Waals surface area contributed by atoms with Crippen molar-refractivity contribution in [1.29, 1.82) is 0 Å². The van der Waals surface area contributed by atoms with Gasteiger partial charge in [-0.15, -0.1) is 4.98 Å². The van der Waals surface area contributed by atoms with Crippen molar-refractivity contribution in [2.75, 3.05) is 30.1 Å². The average Bonchev–Trinajstić information content (AvgIpc) is 2.96. The molecule has 1 aromatic heterocycles. The van der Waals surface area contributed by atoms with Crippen LogP contribution < -0.4 is 14.5 Å². The van der Waals surface area contributed by atoms with Crippen molar-refractivity contribution in [3.63, 3.8) is 0 Å². The van der Waals surface area contributed by atoms with Crippen LogP contribution in [0.25, 0.3) is 4.85 Å². The lowest BCUT2D eigenvalue weighted by Gasteiger charge is -2.43. The van der Waals surface area contributed by atoms with Gasteiger partial charge in [0.15, 0.2) is 16.7 Å². The van der Waals surface area contributed by atoms with E-state index in [9.17, 15) is 9.18 Å². The Morgan fingerprint density at radius 1 is 1.29 bits per heavy atom. The van der Waals surface area contributed by atoms with Gasteiger partial charge in [0.25, 0.3) is 11.7 Å². The number of carbonyl (C=O) groups is 1. The number of amides is 1. The summed E-state index contributed by atoms with van der Waals surface area (Å²) in [5.74, 6) is -0.286. The van der Waals surface area contributed by atoms with Crippen LogP contribution in [-0.2, 0) is 9.53 Å². The third-order valence-electron chi connectivity index (χ3n) is 5.71. The van der Waals surface area contributed by atoms with E-state index in [1.807, 2.05) is 0 Å². The Bertz CT molecular complexity index is 1100. The summed E-state index contributed by atoms with van der Waals surface area (Å²) in [4.78, 5) is 24.2. The summed E-state index contributed by atoms with van der Waals surface area (Å²) in [6.07, 6.45) is 3.62. The van der Waals surface area contributed by atoms with E-state index in [4.69, 9.17) is 28.3 Å². The van der Waals surface area contributed by atoms with Gasteiger partial charge in [-0.2, -0.15) is 0 Å². The summed E-state index contributed by atoms with van der Waals surface area (Å²) in [6.45, 7) is 9.53. The van der Waals surface area contributed by atoms with Crippen molar-refractivity contribution in [2.45, 2.75) is 31.7 Å². The largest absolute Gasteiger partial charge is 0.488 e. The molecule has 0 N–H and O–H groups in total. The molecule has 0 atom stereocenters. The second-order valence-corrected chi connectivity index (χ2v) is 7.91. The van der Waals surface area contributed by atoms with E-state index in [1.165, 1.54) is 17.2 Å². The highest BCUT2D eigenvalue weighted by Gasteiger charge is 2.59. The molecule has 2 fully saturated rings. The maximum absolute atomic E-state index is 14.7. The molecule has 0 bridgehead atoms. The van der Waals surface area contributed by atoms with Crippen molar-refractivity contribution in [2.24, 2.45) is 0 Å². The fraction of sp³-hybridized carbons (Fsp3) is 0.364. The molecule has 1 spiro atoms. The van der Waals surface area contributed by atoms with E-state index in [-0.39, 0.29) is 29.2 Å². The molecule has 1 aliphatic heterocycles. The van der Waals surface area contributed by atoms with Gasteiger partial charge in [-0.25, -0.2) is 4.39 Å². The third-order valence-corrected chi connectivity index (χ3v) is 6.08. The third kappa shape index (κ3) is 3.42. The number of aromatic nitrogens is 1. The molecule has 2 aromatic rings. The zero-order chi connectivity index (χ0) is 22.2. The number of benzene rings is 1. The molecule has 4 rings (SSSR count). The highest BCUT2D eigenvalue weighted by Crippen LogP contribution is 2.48. The standard InChI is InChI=1S/C22H21FN4O3S/c1-14-11-16(13-25-19(14)24-2)26-20(28)22(7-4-8-22)27(21(26)31)15-5-6-18(17(23)12-15)30-10-9-29-3/h5-6,11-13H,4,7-10H2,1,3H3. The Labute approximate surface area is 185 Å². The lowest BCUT2D eigenvalue weighted by Crippen LogP contribution is -2.55. The molecule has 160 valence electrons. The molecule has 1 aliphatic carbocycles. The number of hydrogen-bond acceptors (Lipinski definition) is 5. The number of carbonyl (C=O) groups excluding carboxylic acids is 1. The van der Waals surface area contributed by atoms with Gasteiger partial charge in [-0.05, 0) is 62.2 Å². The zero-order valence-electron chi connectivity index (χ0n) is 17.2. The number of ether oxygens (including phenoxy) is 2. The maximum atomic E-state index is 14.7. The number of anilines is 2. The van der Waals surface area contributed by atoms with Crippen LogP contribution in [0, 0.1) is 19.3 Å². The van der Waals surface area contributed by atoms with Crippen molar-refractivity contribution in [3.8, 4) is 5.75 Å². The number of nitrogens with zero attached hydrogens (tertiary/aromatic N) is 4. The van der Waals surface area contributed by atoms with Gasteiger partial charge in [-0.3, -0.25) is 9.69 Å². The van der Waals surface area contributed by atoms with Gasteiger partial charge in [-0.1, -0.05) is 6.57 Å². The molecular formula is C22H21FN4O3S. The van der Waals surface area contributed by atoms with Crippen LogP contribution in [0.2, 0.25) is 0 Å². The number of thiocarbonyl (C=S) groups is 1. The van der Waals surface area contributed by atoms with Gasteiger partial charge in [0.1, 0.15) is 18.3 Å². The van der Waals surface area contributed by atoms with E-state index in [1.54, 1.807) is 37.1 Å². The molecule has 2 aliphatic rings. The molecule has 1 aromatic carbocycles. The first-order valence-electron chi connectivity index (χ1n) is 9.87. The Kier molecular flexibility index (Phi) is 5.60. The van der Waals surface area contributed by atoms with Crippen LogP contribution in [0.1, 0.15) is 24.8 Å². The number of halogens is 1. The highest BCUT2D eigenvalue weighted by atomic mass is 32.1. The lowest BCUT2D eigenvalue weighted by atomic mass is 9.75. The topological polar surface area (TPSA) is 59.3 Å². The van der Waals surface area contributed by atoms with E-state index < -0.39 is 11.4 Å². The van der Waals surface area contributed by atoms with Crippen LogP contribution in [0.3, 0.4) is 0 Å². The first kappa shape index (κ1) is 21.2. The summed E-state index contributed by atoms with van der Waals surface area (Å²) in [5.41, 5.74) is 0.843. The predicted molar refractivity (Wildman–Crippen MR) is 118 cm³/mol. The smallest absolute Gasteiger partial charge is 0.272 e. The number of methoxy groups -OCH3 is 1. The number of pyridine rings is 1. The first-order chi connectivity index (χ1) is 14.9. The average molecular weight is 441 g/mol. The van der Waals surface area contributed by atoms with E-state index in [0.29, 0.717) is 36.4 Å². The second kappa shape index (κ2) is 8.21. The molecule has 1 saturated carbocycles. The van der Waals surface area contributed by atoms with Crippen molar-refractivity contribution in [3.05, 3.63) is 53.3 Å². The predicted octanol–water partition coefficient (Wildman–Crippen LogP) is 4.17. The monoisotopic (exact) mass is 440 g/mol. The summed E-state index contributed by atoms with van der Waals surface area (Å²) in [6, 6.07) is 6.32. The Morgan fingerprint density at radius 2 is 2.06 bits per heavy atom. The van der Waals surface area contributed by atoms with Crippen LogP contribution in [0.15, 0.2) is 30.5 Å². The molecule has 0 unspecified atom stereocenters. The number of aryl methyl sites for hydroxylation is 1. The van der Waals surface area contributed by atoms with Crippen molar-refractivity contribution in [1.82, 2.24) is 4.98 Å². The van der Waals surface area contributed by atoms with Crippen LogP contribution in [-0.4, -0.2) is 41.9 Å². The lowest BCUT2D eigenvalue weighted by molar-refractivity contribution is -0.123. The Balaban J connectivity index is 1.69. The molecule has 1 amide bonds.